The van der Waals surface area contributed by atoms with Gasteiger partial charge in [-0.2, -0.15) is 0 Å². The maximum absolute atomic E-state index is 11.4. The molecule has 2 saturated heterocycles. The average Bonchev–Trinajstić information content (AvgIpc) is 2.43. The van der Waals surface area contributed by atoms with Crippen LogP contribution in [-0.4, -0.2) is 25.0 Å². The van der Waals surface area contributed by atoms with Crippen LogP contribution >= 0.6 is 12.4 Å². The van der Waals surface area contributed by atoms with E-state index in [9.17, 15) is 4.79 Å². The molecule has 2 aliphatic rings. The number of rotatable bonds is 1. The average molecular weight is 219 g/mol. The van der Waals surface area contributed by atoms with Crippen molar-refractivity contribution in [3.8, 4) is 0 Å². The van der Waals surface area contributed by atoms with Crippen LogP contribution in [0.2, 0.25) is 0 Å². The molecule has 2 heterocycles. The first-order chi connectivity index (χ1) is 6.27. The molecule has 2 fully saturated rings. The molecule has 4 heteroatoms. The van der Waals surface area contributed by atoms with Crippen molar-refractivity contribution in [1.29, 1.82) is 0 Å². The van der Waals surface area contributed by atoms with E-state index in [1.807, 2.05) is 0 Å². The van der Waals surface area contributed by atoms with Crippen molar-refractivity contribution < 1.29 is 4.79 Å². The van der Waals surface area contributed by atoms with E-state index in [4.69, 9.17) is 0 Å². The van der Waals surface area contributed by atoms with Crippen LogP contribution in [0.1, 0.15) is 32.6 Å². The lowest BCUT2D eigenvalue weighted by Crippen LogP contribution is -2.44. The van der Waals surface area contributed by atoms with Gasteiger partial charge in [0.1, 0.15) is 0 Å². The molecule has 0 aromatic rings. The van der Waals surface area contributed by atoms with Gasteiger partial charge < -0.3 is 10.6 Å². The van der Waals surface area contributed by atoms with Gasteiger partial charge in [-0.3, -0.25) is 4.79 Å². The predicted octanol–water partition coefficient (Wildman–Crippen LogP) is 1.08. The summed E-state index contributed by atoms with van der Waals surface area (Å²) in [6.07, 6.45) is 4.15. The molecular formula is C10H19ClN2O. The first-order valence-corrected chi connectivity index (χ1v) is 5.27. The Morgan fingerprint density at radius 1 is 1.43 bits per heavy atom. The van der Waals surface area contributed by atoms with Crippen molar-refractivity contribution in [2.24, 2.45) is 5.41 Å². The molecule has 2 rings (SSSR count). The highest BCUT2D eigenvalue weighted by Gasteiger charge is 2.45. The van der Waals surface area contributed by atoms with Crippen molar-refractivity contribution in [2.45, 2.75) is 38.6 Å². The van der Waals surface area contributed by atoms with E-state index in [1.54, 1.807) is 0 Å². The van der Waals surface area contributed by atoms with Crippen molar-refractivity contribution in [3.63, 3.8) is 0 Å². The van der Waals surface area contributed by atoms with Crippen molar-refractivity contribution in [1.82, 2.24) is 10.6 Å². The Morgan fingerprint density at radius 2 is 2.07 bits per heavy atom. The van der Waals surface area contributed by atoms with Gasteiger partial charge in [-0.05, 0) is 32.4 Å². The van der Waals surface area contributed by atoms with Gasteiger partial charge in [0.25, 0.3) is 0 Å². The highest BCUT2D eigenvalue weighted by atomic mass is 35.5. The first kappa shape index (κ1) is 11.8. The van der Waals surface area contributed by atoms with Crippen LogP contribution in [0.15, 0.2) is 0 Å². The van der Waals surface area contributed by atoms with Gasteiger partial charge in [0, 0.05) is 17.9 Å². The molecule has 0 aliphatic carbocycles. The standard InChI is InChI=1S/C10H18N2O.ClH/c1-2-8-10(7-9(13)12-8)3-5-11-6-4-10;/h8,11H,2-7H2,1H3,(H,12,13);1H. The quantitative estimate of drug-likeness (QED) is 0.692. The number of carbonyl (C=O) groups excluding carboxylic acids is 1. The summed E-state index contributed by atoms with van der Waals surface area (Å²) in [6.45, 7) is 4.32. The minimum atomic E-state index is 0. The second kappa shape index (κ2) is 4.49. The van der Waals surface area contributed by atoms with Crippen LogP contribution in [0.4, 0.5) is 0 Å². The first-order valence-electron chi connectivity index (χ1n) is 5.27. The summed E-state index contributed by atoms with van der Waals surface area (Å²) < 4.78 is 0. The van der Waals surface area contributed by atoms with Crippen LogP contribution in [0, 0.1) is 5.41 Å². The molecule has 2 aliphatic heterocycles. The number of halogens is 1. The molecule has 82 valence electrons. The van der Waals surface area contributed by atoms with Crippen LogP contribution < -0.4 is 10.6 Å². The number of hydrogen-bond acceptors (Lipinski definition) is 2. The summed E-state index contributed by atoms with van der Waals surface area (Å²) in [5.74, 6) is 0.258. The molecule has 1 atom stereocenters. The Hall–Kier alpha value is -0.280. The zero-order valence-corrected chi connectivity index (χ0v) is 9.45. The summed E-state index contributed by atoms with van der Waals surface area (Å²) in [5, 5.41) is 6.45. The van der Waals surface area contributed by atoms with Gasteiger partial charge in [0.05, 0.1) is 0 Å². The number of hydrogen-bond donors (Lipinski definition) is 2. The maximum Gasteiger partial charge on any atom is 0.220 e. The summed E-state index contributed by atoms with van der Waals surface area (Å²) in [4.78, 5) is 11.4. The molecular weight excluding hydrogens is 200 g/mol. The Bertz CT molecular complexity index is 214. The highest BCUT2D eigenvalue weighted by molar-refractivity contribution is 5.85. The third-order valence-corrected chi connectivity index (χ3v) is 3.59. The van der Waals surface area contributed by atoms with E-state index >= 15 is 0 Å². The van der Waals surface area contributed by atoms with Crippen LogP contribution in [-0.2, 0) is 4.79 Å². The van der Waals surface area contributed by atoms with Gasteiger partial charge >= 0.3 is 0 Å². The molecule has 2 N–H and O–H groups in total. The lowest BCUT2D eigenvalue weighted by molar-refractivity contribution is -0.119. The molecule has 0 radical (unpaired) electrons. The van der Waals surface area contributed by atoms with Crippen LogP contribution in [0.25, 0.3) is 0 Å². The van der Waals surface area contributed by atoms with Crippen molar-refractivity contribution in [2.75, 3.05) is 13.1 Å². The van der Waals surface area contributed by atoms with E-state index in [0.29, 0.717) is 6.04 Å². The Balaban J connectivity index is 0.000000980. The Labute approximate surface area is 91.4 Å². The molecule has 0 aromatic heterocycles. The second-order valence-electron chi connectivity index (χ2n) is 4.32. The molecule has 1 unspecified atom stereocenters. The summed E-state index contributed by atoms with van der Waals surface area (Å²) >= 11 is 0. The number of nitrogens with one attached hydrogen (secondary N) is 2. The number of amides is 1. The van der Waals surface area contributed by atoms with Crippen molar-refractivity contribution >= 4 is 18.3 Å². The van der Waals surface area contributed by atoms with E-state index in [1.165, 1.54) is 0 Å². The smallest absolute Gasteiger partial charge is 0.220 e. The predicted molar refractivity (Wildman–Crippen MR) is 58.6 cm³/mol. The topological polar surface area (TPSA) is 41.1 Å². The molecule has 3 nitrogen and oxygen atoms in total. The molecule has 0 bridgehead atoms. The highest BCUT2D eigenvalue weighted by Crippen LogP contribution is 2.41. The summed E-state index contributed by atoms with van der Waals surface area (Å²) in [5.41, 5.74) is 0.289. The zero-order chi connectivity index (χ0) is 9.31. The third kappa shape index (κ3) is 1.89. The summed E-state index contributed by atoms with van der Waals surface area (Å²) in [6, 6.07) is 0.433. The SMILES string of the molecule is CCC1NC(=O)CC12CCNCC2.Cl. The van der Waals surface area contributed by atoms with Crippen LogP contribution in [0.5, 0.6) is 0 Å². The fraction of sp³-hybridized carbons (Fsp3) is 0.900. The molecule has 1 spiro atoms. The van der Waals surface area contributed by atoms with Gasteiger partial charge in [0.15, 0.2) is 0 Å². The summed E-state index contributed by atoms with van der Waals surface area (Å²) in [7, 11) is 0. The fourth-order valence-electron chi connectivity index (χ4n) is 2.83. The van der Waals surface area contributed by atoms with E-state index in [-0.39, 0.29) is 23.7 Å². The molecule has 0 saturated carbocycles. The maximum atomic E-state index is 11.4. The monoisotopic (exact) mass is 218 g/mol. The second-order valence-corrected chi connectivity index (χ2v) is 4.32. The zero-order valence-electron chi connectivity index (χ0n) is 8.64. The lowest BCUT2D eigenvalue weighted by Gasteiger charge is -2.37. The van der Waals surface area contributed by atoms with Crippen molar-refractivity contribution in [3.05, 3.63) is 0 Å². The molecule has 0 aromatic carbocycles. The fourth-order valence-corrected chi connectivity index (χ4v) is 2.83. The molecule has 14 heavy (non-hydrogen) atoms. The minimum absolute atomic E-state index is 0. The largest absolute Gasteiger partial charge is 0.353 e. The minimum Gasteiger partial charge on any atom is -0.353 e. The van der Waals surface area contributed by atoms with Gasteiger partial charge in [-0.15, -0.1) is 12.4 Å². The van der Waals surface area contributed by atoms with Gasteiger partial charge in [-0.25, -0.2) is 0 Å². The number of carbonyl (C=O) groups is 1. The lowest BCUT2D eigenvalue weighted by atomic mass is 9.72. The van der Waals surface area contributed by atoms with E-state index in [0.717, 1.165) is 38.8 Å². The third-order valence-electron chi connectivity index (χ3n) is 3.59. The number of piperidine rings is 1. The Kier molecular flexibility index (Phi) is 3.78. The van der Waals surface area contributed by atoms with Gasteiger partial charge in [0.2, 0.25) is 5.91 Å². The van der Waals surface area contributed by atoms with Crippen LogP contribution in [0.3, 0.4) is 0 Å². The van der Waals surface area contributed by atoms with E-state index < -0.39 is 0 Å². The van der Waals surface area contributed by atoms with E-state index in [2.05, 4.69) is 17.6 Å². The Morgan fingerprint density at radius 3 is 2.64 bits per heavy atom. The molecule has 1 amide bonds. The van der Waals surface area contributed by atoms with Gasteiger partial charge in [-0.1, -0.05) is 6.92 Å². The normalized spacial score (nSPS) is 29.8.